The predicted molar refractivity (Wildman–Crippen MR) is 217 cm³/mol. The van der Waals surface area contributed by atoms with E-state index in [0.29, 0.717) is 12.8 Å². The molecule has 0 aliphatic carbocycles. The molecule has 0 spiro atoms. The molecule has 0 aliphatic heterocycles. The van der Waals surface area contributed by atoms with Crippen LogP contribution in [-0.2, 0) is 37.5 Å². The van der Waals surface area contributed by atoms with Crippen LogP contribution < -0.4 is 5.73 Å². The minimum absolute atomic E-state index is 0.155. The molecule has 0 aromatic rings. The Hall–Kier alpha value is -1.78. The van der Waals surface area contributed by atoms with Gasteiger partial charge < -0.3 is 25.2 Å². The van der Waals surface area contributed by atoms with Crippen molar-refractivity contribution in [3.63, 3.8) is 0 Å². The number of carbonyl (C=O) groups is 3. The van der Waals surface area contributed by atoms with E-state index in [0.717, 1.165) is 57.8 Å². The summed E-state index contributed by atoms with van der Waals surface area (Å²) in [5.74, 6) is -2.38. The topological polar surface area (TPSA) is 172 Å². The number of rotatable bonds is 41. The lowest BCUT2D eigenvalue weighted by Gasteiger charge is -2.20. The molecule has 0 saturated carbocycles. The Kier molecular flexibility index (Phi) is 36.9. The third kappa shape index (κ3) is 37.2. The van der Waals surface area contributed by atoms with Crippen LogP contribution in [0.25, 0.3) is 0 Å². The number of esters is 2. The number of ether oxygens (including phenoxy) is 2. The summed E-state index contributed by atoms with van der Waals surface area (Å²) < 4.78 is 32.7. The molecular formula is C42H80NO10P. The predicted octanol–water partition coefficient (Wildman–Crippen LogP) is 11.3. The molecule has 0 bridgehead atoms. The second-order valence-electron chi connectivity index (χ2n) is 14.8. The van der Waals surface area contributed by atoms with Gasteiger partial charge in [0.05, 0.1) is 13.2 Å². The maximum atomic E-state index is 12.6. The summed E-state index contributed by atoms with van der Waals surface area (Å²) in [6.45, 7) is 2.80. The van der Waals surface area contributed by atoms with Crippen molar-refractivity contribution in [2.24, 2.45) is 5.73 Å². The van der Waals surface area contributed by atoms with Crippen LogP contribution in [0, 0.1) is 0 Å². The fraction of sp³-hybridized carbons (Fsp3) is 0.881. The number of phosphoric acid groups is 1. The van der Waals surface area contributed by atoms with E-state index >= 15 is 0 Å². The highest BCUT2D eigenvalue weighted by Crippen LogP contribution is 2.43. The summed E-state index contributed by atoms with van der Waals surface area (Å²) in [5, 5.41) is 8.88. The van der Waals surface area contributed by atoms with E-state index in [4.69, 9.17) is 24.8 Å². The first kappa shape index (κ1) is 52.2. The summed E-state index contributed by atoms with van der Waals surface area (Å²) in [6, 6.07) is -1.52. The van der Waals surface area contributed by atoms with Crippen molar-refractivity contribution in [3.8, 4) is 0 Å². The van der Waals surface area contributed by atoms with Crippen molar-refractivity contribution in [2.45, 2.75) is 219 Å². The lowest BCUT2D eigenvalue weighted by Crippen LogP contribution is -2.34. The summed E-state index contributed by atoms with van der Waals surface area (Å²) in [5.41, 5.74) is 5.33. The molecule has 11 nitrogen and oxygen atoms in total. The van der Waals surface area contributed by atoms with Crippen molar-refractivity contribution in [1.29, 1.82) is 0 Å². The van der Waals surface area contributed by atoms with E-state index in [9.17, 15) is 23.8 Å². The molecule has 0 rings (SSSR count). The van der Waals surface area contributed by atoms with Gasteiger partial charge in [-0.2, -0.15) is 0 Å². The zero-order valence-electron chi connectivity index (χ0n) is 34.3. The highest BCUT2D eigenvalue weighted by atomic mass is 31.2. The van der Waals surface area contributed by atoms with Crippen LogP contribution in [0.5, 0.6) is 0 Å². The Bertz CT molecular complexity index is 979. The number of carboxylic acids is 1. The molecule has 0 aliphatic rings. The second kappa shape index (κ2) is 38.1. The van der Waals surface area contributed by atoms with Crippen LogP contribution in [0.2, 0.25) is 0 Å². The number of nitrogens with two attached hydrogens (primary N) is 1. The van der Waals surface area contributed by atoms with E-state index in [2.05, 4.69) is 30.5 Å². The fourth-order valence-electron chi connectivity index (χ4n) is 6.06. The van der Waals surface area contributed by atoms with Gasteiger partial charge in [0.15, 0.2) is 6.10 Å². The maximum Gasteiger partial charge on any atom is 0.472 e. The molecule has 12 heteroatoms. The molecule has 3 atom stereocenters. The molecule has 0 heterocycles. The average Bonchev–Trinajstić information content (AvgIpc) is 3.14. The highest BCUT2D eigenvalue weighted by molar-refractivity contribution is 7.47. The van der Waals surface area contributed by atoms with Gasteiger partial charge in [-0.15, -0.1) is 0 Å². The Balaban J connectivity index is 4.34. The van der Waals surface area contributed by atoms with Crippen molar-refractivity contribution in [3.05, 3.63) is 12.2 Å². The quantitative estimate of drug-likeness (QED) is 0.0233. The molecule has 0 aromatic heterocycles. The van der Waals surface area contributed by atoms with Crippen molar-refractivity contribution in [1.82, 2.24) is 0 Å². The third-order valence-corrected chi connectivity index (χ3v) is 10.5. The lowest BCUT2D eigenvalue weighted by molar-refractivity contribution is -0.161. The van der Waals surface area contributed by atoms with E-state index in [1.54, 1.807) is 0 Å². The fourth-order valence-corrected chi connectivity index (χ4v) is 6.84. The summed E-state index contributed by atoms with van der Waals surface area (Å²) in [4.78, 5) is 45.9. The van der Waals surface area contributed by atoms with E-state index in [1.165, 1.54) is 109 Å². The summed E-state index contributed by atoms with van der Waals surface area (Å²) in [7, 11) is -4.71. The number of allylic oxidation sites excluding steroid dienone is 2. The zero-order chi connectivity index (χ0) is 40.0. The Morgan fingerprint density at radius 1 is 0.556 bits per heavy atom. The number of carbonyl (C=O) groups excluding carboxylic acids is 2. The van der Waals surface area contributed by atoms with Gasteiger partial charge in [-0.3, -0.25) is 23.4 Å². The smallest absolute Gasteiger partial charge is 0.472 e. The number of phosphoric ester groups is 1. The lowest BCUT2D eigenvalue weighted by atomic mass is 10.0. The normalized spacial score (nSPS) is 13.9. The van der Waals surface area contributed by atoms with Gasteiger partial charge in [0.25, 0.3) is 0 Å². The van der Waals surface area contributed by atoms with Crippen LogP contribution >= 0.6 is 7.82 Å². The van der Waals surface area contributed by atoms with Crippen molar-refractivity contribution in [2.75, 3.05) is 19.8 Å². The van der Waals surface area contributed by atoms with Gasteiger partial charge in [0.1, 0.15) is 12.6 Å². The molecule has 0 fully saturated rings. The van der Waals surface area contributed by atoms with Crippen LogP contribution in [0.4, 0.5) is 0 Å². The van der Waals surface area contributed by atoms with E-state index in [1.807, 2.05) is 0 Å². The van der Waals surface area contributed by atoms with Gasteiger partial charge in [0.2, 0.25) is 0 Å². The van der Waals surface area contributed by atoms with Crippen molar-refractivity contribution >= 4 is 25.7 Å². The molecule has 54 heavy (non-hydrogen) atoms. The molecule has 4 N–H and O–H groups in total. The molecule has 0 amide bonds. The van der Waals surface area contributed by atoms with Crippen molar-refractivity contribution < 1.29 is 47.5 Å². The minimum atomic E-state index is -4.71. The molecule has 0 radical (unpaired) electrons. The first-order valence-electron chi connectivity index (χ1n) is 21.7. The molecule has 318 valence electrons. The molecule has 0 saturated heterocycles. The second-order valence-corrected chi connectivity index (χ2v) is 16.3. The Morgan fingerprint density at radius 2 is 0.926 bits per heavy atom. The van der Waals surface area contributed by atoms with Crippen LogP contribution in [-0.4, -0.2) is 59.9 Å². The Labute approximate surface area is 328 Å². The standard InChI is InChI=1S/C42H80NO10P/c1-3-5-7-9-11-13-15-17-19-20-22-23-25-27-29-31-33-40(44)50-35-38(36-51-54(48,49)52-37-39(43)42(46)47)53-41(45)34-32-30-28-26-24-21-18-16-14-12-10-8-6-4-2/h16,18,38-39H,3-15,17,19-37,43H2,1-2H3,(H,46,47)(H,48,49)/b18-16+/t38-,39+/m1/s1. The minimum Gasteiger partial charge on any atom is -0.480 e. The SMILES string of the molecule is CCCCCCC/C=C/CCCCCCCC(=O)O[C@H](COC(=O)CCCCCCCCCCCCCCCCCC)COP(=O)(O)OC[C@H](N)C(=O)O. The monoisotopic (exact) mass is 790 g/mol. The molecular weight excluding hydrogens is 709 g/mol. The van der Waals surface area contributed by atoms with E-state index in [-0.39, 0.29) is 19.4 Å². The third-order valence-electron chi connectivity index (χ3n) is 9.51. The maximum absolute atomic E-state index is 12.6. The average molecular weight is 790 g/mol. The van der Waals surface area contributed by atoms with Gasteiger partial charge in [-0.25, -0.2) is 4.57 Å². The van der Waals surface area contributed by atoms with E-state index < -0.39 is 51.1 Å². The molecule has 0 aromatic carbocycles. The van der Waals surface area contributed by atoms with Gasteiger partial charge in [0, 0.05) is 12.8 Å². The number of hydrogen-bond donors (Lipinski definition) is 3. The van der Waals surface area contributed by atoms with Crippen LogP contribution in [0.3, 0.4) is 0 Å². The highest BCUT2D eigenvalue weighted by Gasteiger charge is 2.28. The Morgan fingerprint density at radius 3 is 1.35 bits per heavy atom. The number of hydrogen-bond acceptors (Lipinski definition) is 9. The largest absolute Gasteiger partial charge is 0.480 e. The molecule has 1 unspecified atom stereocenters. The summed E-state index contributed by atoms with van der Waals surface area (Å²) >= 11 is 0. The number of aliphatic carboxylic acids is 1. The van der Waals surface area contributed by atoms with Gasteiger partial charge in [-0.1, -0.05) is 167 Å². The first-order chi connectivity index (χ1) is 26.1. The number of unbranched alkanes of at least 4 members (excludes halogenated alkanes) is 25. The zero-order valence-corrected chi connectivity index (χ0v) is 35.2. The summed E-state index contributed by atoms with van der Waals surface area (Å²) in [6.07, 6.45) is 37.0. The van der Waals surface area contributed by atoms with Crippen LogP contribution in [0.15, 0.2) is 12.2 Å². The van der Waals surface area contributed by atoms with Gasteiger partial charge >= 0.3 is 25.7 Å². The first-order valence-corrected chi connectivity index (χ1v) is 23.2. The van der Waals surface area contributed by atoms with Gasteiger partial charge in [-0.05, 0) is 38.5 Å². The number of carboxylic acid groups (broad SMARTS) is 1. The van der Waals surface area contributed by atoms with Crippen LogP contribution in [0.1, 0.15) is 206 Å².